The van der Waals surface area contributed by atoms with E-state index in [1.54, 1.807) is 11.3 Å². The van der Waals surface area contributed by atoms with Gasteiger partial charge in [-0.3, -0.25) is 0 Å². The fraction of sp³-hybridized carbons (Fsp3) is 0.286. The zero-order chi connectivity index (χ0) is 8.27. The number of carboxylic acid groups (broad SMARTS) is 1. The number of thioether (sulfide) groups is 1. The van der Waals surface area contributed by atoms with Crippen LogP contribution in [0.5, 0.6) is 0 Å². The van der Waals surface area contributed by atoms with Crippen molar-refractivity contribution in [3.63, 3.8) is 0 Å². The Balaban J connectivity index is 0.00000121. The minimum absolute atomic E-state index is 0. The third-order valence-corrected chi connectivity index (χ3v) is 3.26. The quantitative estimate of drug-likeness (QED) is 0.424. The molecule has 60 valence electrons. The van der Waals surface area contributed by atoms with Crippen molar-refractivity contribution < 1.29 is 39.5 Å². The predicted molar refractivity (Wildman–Crippen MR) is 44.8 cm³/mol. The molecule has 0 radical (unpaired) electrons. The summed E-state index contributed by atoms with van der Waals surface area (Å²) in [6.45, 7) is 1.97. The van der Waals surface area contributed by atoms with Gasteiger partial charge < -0.3 is 9.90 Å². The summed E-state index contributed by atoms with van der Waals surface area (Å²) in [7, 11) is 0. The number of carbonyl (C=O) groups is 1. The van der Waals surface area contributed by atoms with Gasteiger partial charge in [0.05, 0.1) is 5.97 Å². The molecule has 1 aromatic heterocycles. The van der Waals surface area contributed by atoms with Gasteiger partial charge in [0, 0.05) is 15.5 Å². The van der Waals surface area contributed by atoms with Crippen molar-refractivity contribution in [2.45, 2.75) is 11.8 Å². The Bertz CT molecular complexity index is 260. The van der Waals surface area contributed by atoms with E-state index in [9.17, 15) is 9.90 Å². The number of aliphatic carboxylic acids is 1. The second-order valence-electron chi connectivity index (χ2n) is 2.00. The van der Waals surface area contributed by atoms with Crippen molar-refractivity contribution in [2.24, 2.45) is 0 Å². The van der Waals surface area contributed by atoms with Gasteiger partial charge in [-0.05, 0) is 18.4 Å². The smallest absolute Gasteiger partial charge is 0.549 e. The average Bonchev–Trinajstić information content (AvgIpc) is 2.31. The molecule has 12 heavy (non-hydrogen) atoms. The number of carboxylic acids is 1. The summed E-state index contributed by atoms with van der Waals surface area (Å²) in [5, 5.41) is 12.0. The van der Waals surface area contributed by atoms with E-state index in [0.717, 1.165) is 9.77 Å². The molecular weight excluding hydrogens is 203 g/mol. The minimum atomic E-state index is -1.01. The standard InChI is InChI=1S/C7H8O2S2.Na/c1-5-6(2-3-10-5)11-4-7(8)9;/h2-3H,4H2,1H3,(H,8,9);/q;+1/p-1. The zero-order valence-electron chi connectivity index (χ0n) is 6.99. The van der Waals surface area contributed by atoms with Crippen LogP contribution in [0.25, 0.3) is 0 Å². The van der Waals surface area contributed by atoms with Gasteiger partial charge in [0.15, 0.2) is 0 Å². The van der Waals surface area contributed by atoms with Crippen LogP contribution in [0.15, 0.2) is 16.3 Å². The molecule has 0 aliphatic heterocycles. The van der Waals surface area contributed by atoms with Crippen LogP contribution >= 0.6 is 23.1 Å². The first-order chi connectivity index (χ1) is 5.20. The van der Waals surface area contributed by atoms with E-state index < -0.39 is 5.97 Å². The topological polar surface area (TPSA) is 40.1 Å². The molecule has 1 rings (SSSR count). The molecular formula is C7H7NaO2S2. The van der Waals surface area contributed by atoms with Crippen LogP contribution in [0.4, 0.5) is 0 Å². The van der Waals surface area contributed by atoms with Gasteiger partial charge in [-0.15, -0.1) is 23.1 Å². The van der Waals surface area contributed by atoms with Gasteiger partial charge in [0.25, 0.3) is 0 Å². The van der Waals surface area contributed by atoms with Crippen LogP contribution in [-0.4, -0.2) is 11.7 Å². The Morgan fingerprint density at radius 2 is 2.42 bits per heavy atom. The van der Waals surface area contributed by atoms with Gasteiger partial charge >= 0.3 is 29.6 Å². The molecule has 0 spiro atoms. The first-order valence-electron chi connectivity index (χ1n) is 3.07. The Hall–Kier alpha value is 0.520. The molecule has 0 aliphatic rings. The van der Waals surface area contributed by atoms with Crippen molar-refractivity contribution >= 4 is 29.1 Å². The molecule has 0 aliphatic carbocycles. The van der Waals surface area contributed by atoms with Gasteiger partial charge in [-0.1, -0.05) is 0 Å². The van der Waals surface area contributed by atoms with Crippen molar-refractivity contribution in [3.8, 4) is 0 Å². The predicted octanol–water partition coefficient (Wildman–Crippen LogP) is -2.10. The summed E-state index contributed by atoms with van der Waals surface area (Å²) >= 11 is 2.93. The third kappa shape index (κ3) is 3.96. The van der Waals surface area contributed by atoms with E-state index >= 15 is 0 Å². The van der Waals surface area contributed by atoms with E-state index in [1.165, 1.54) is 11.8 Å². The first kappa shape index (κ1) is 12.5. The zero-order valence-corrected chi connectivity index (χ0v) is 10.6. The van der Waals surface area contributed by atoms with Gasteiger partial charge in [-0.2, -0.15) is 0 Å². The Morgan fingerprint density at radius 1 is 1.75 bits per heavy atom. The monoisotopic (exact) mass is 210 g/mol. The number of thiophene rings is 1. The van der Waals surface area contributed by atoms with E-state index in [4.69, 9.17) is 0 Å². The molecule has 0 saturated carbocycles. The van der Waals surface area contributed by atoms with Crippen LogP contribution in [0.2, 0.25) is 0 Å². The second kappa shape index (κ2) is 6.05. The number of hydrogen-bond acceptors (Lipinski definition) is 4. The average molecular weight is 210 g/mol. The maximum Gasteiger partial charge on any atom is 1.00 e. The van der Waals surface area contributed by atoms with E-state index in [0.29, 0.717) is 0 Å². The molecule has 0 atom stereocenters. The van der Waals surface area contributed by atoms with E-state index in [-0.39, 0.29) is 35.3 Å². The molecule has 0 N–H and O–H groups in total. The van der Waals surface area contributed by atoms with Crippen molar-refractivity contribution in [2.75, 3.05) is 5.75 Å². The maximum absolute atomic E-state index is 10.1. The third-order valence-electron chi connectivity index (χ3n) is 1.16. The largest absolute Gasteiger partial charge is 1.00 e. The number of aryl methyl sites for hydroxylation is 1. The van der Waals surface area contributed by atoms with Crippen molar-refractivity contribution in [3.05, 3.63) is 16.3 Å². The van der Waals surface area contributed by atoms with Gasteiger partial charge in [-0.25, -0.2) is 0 Å². The van der Waals surface area contributed by atoms with Crippen LogP contribution in [0.3, 0.4) is 0 Å². The van der Waals surface area contributed by atoms with Gasteiger partial charge in [0.1, 0.15) is 0 Å². The summed E-state index contributed by atoms with van der Waals surface area (Å²) in [5.41, 5.74) is 0. The molecule has 1 heterocycles. The maximum atomic E-state index is 10.1. The normalized spacial score (nSPS) is 9.08. The summed E-state index contributed by atoms with van der Waals surface area (Å²) in [6, 6.07) is 1.92. The fourth-order valence-corrected chi connectivity index (χ4v) is 2.30. The Morgan fingerprint density at radius 3 is 2.83 bits per heavy atom. The van der Waals surface area contributed by atoms with Crippen LogP contribution in [0.1, 0.15) is 4.88 Å². The van der Waals surface area contributed by atoms with Crippen LogP contribution in [0, 0.1) is 6.92 Å². The molecule has 0 bridgehead atoms. The van der Waals surface area contributed by atoms with E-state index in [2.05, 4.69) is 0 Å². The number of hydrogen-bond donors (Lipinski definition) is 0. The summed E-state index contributed by atoms with van der Waals surface area (Å²) < 4.78 is 0. The van der Waals surface area contributed by atoms with Crippen molar-refractivity contribution in [1.29, 1.82) is 0 Å². The Kier molecular flexibility index (Phi) is 6.31. The molecule has 1 aromatic rings. The summed E-state index contributed by atoms with van der Waals surface area (Å²) in [6.07, 6.45) is 0. The molecule has 0 unspecified atom stereocenters. The molecule has 0 fully saturated rings. The minimum Gasteiger partial charge on any atom is -0.549 e. The SMILES string of the molecule is Cc1sccc1SCC(=O)[O-].[Na+]. The van der Waals surface area contributed by atoms with Crippen molar-refractivity contribution in [1.82, 2.24) is 0 Å². The molecule has 0 amide bonds. The van der Waals surface area contributed by atoms with E-state index in [1.807, 2.05) is 18.4 Å². The fourth-order valence-electron chi connectivity index (χ4n) is 0.660. The summed E-state index contributed by atoms with van der Waals surface area (Å²) in [5.74, 6) is -0.974. The number of rotatable bonds is 3. The van der Waals surface area contributed by atoms with Gasteiger partial charge in [0.2, 0.25) is 0 Å². The van der Waals surface area contributed by atoms with Crippen LogP contribution in [-0.2, 0) is 4.79 Å². The molecule has 2 nitrogen and oxygen atoms in total. The summed E-state index contributed by atoms with van der Waals surface area (Å²) in [4.78, 5) is 12.3. The second-order valence-corrected chi connectivity index (χ2v) is 4.14. The van der Waals surface area contributed by atoms with Crippen LogP contribution < -0.4 is 34.7 Å². The molecule has 0 saturated heterocycles. The molecule has 5 heteroatoms. The Labute approximate surface area is 102 Å². The number of carbonyl (C=O) groups excluding carboxylic acids is 1. The molecule has 0 aromatic carbocycles. The first-order valence-corrected chi connectivity index (χ1v) is 4.93.